The van der Waals surface area contributed by atoms with E-state index in [1.54, 1.807) is 23.5 Å². The fourth-order valence-electron chi connectivity index (χ4n) is 3.10. The van der Waals surface area contributed by atoms with Gasteiger partial charge >= 0.3 is 0 Å². The number of thiazole rings is 1. The molecule has 1 fully saturated rings. The van der Waals surface area contributed by atoms with E-state index in [2.05, 4.69) is 15.2 Å². The standard InChI is InChI=1S/C18H22FN3OS/c1-12(16-11-24-13(2)21-16)20-18(23)17-4-3-9-22(17)10-14-5-7-15(19)8-6-14/h5-8,11-12,17H,3-4,9-10H2,1-2H3,(H,20,23)/t12-,17-/m0/s1. The second-order valence-electron chi connectivity index (χ2n) is 6.28. The van der Waals surface area contributed by atoms with E-state index in [1.165, 1.54) is 12.1 Å². The van der Waals surface area contributed by atoms with Gasteiger partial charge in [0.25, 0.3) is 0 Å². The lowest BCUT2D eigenvalue weighted by Gasteiger charge is -2.25. The van der Waals surface area contributed by atoms with Crippen LogP contribution in [0.25, 0.3) is 0 Å². The quantitative estimate of drug-likeness (QED) is 0.901. The van der Waals surface area contributed by atoms with Gasteiger partial charge in [-0.1, -0.05) is 12.1 Å². The smallest absolute Gasteiger partial charge is 0.237 e. The summed E-state index contributed by atoms with van der Waals surface area (Å²) in [7, 11) is 0. The van der Waals surface area contributed by atoms with Crippen LogP contribution in [0.4, 0.5) is 4.39 Å². The molecular formula is C18H22FN3OS. The number of hydrogen-bond acceptors (Lipinski definition) is 4. The van der Waals surface area contributed by atoms with Gasteiger partial charge in [-0.15, -0.1) is 11.3 Å². The highest BCUT2D eigenvalue weighted by Gasteiger charge is 2.31. The summed E-state index contributed by atoms with van der Waals surface area (Å²) in [6, 6.07) is 6.28. The predicted molar refractivity (Wildman–Crippen MR) is 93.2 cm³/mol. The molecule has 6 heteroatoms. The summed E-state index contributed by atoms with van der Waals surface area (Å²) in [5.74, 6) is -0.186. The molecule has 4 nitrogen and oxygen atoms in total. The van der Waals surface area contributed by atoms with Crippen molar-refractivity contribution in [2.24, 2.45) is 0 Å². The van der Waals surface area contributed by atoms with Gasteiger partial charge in [0, 0.05) is 11.9 Å². The van der Waals surface area contributed by atoms with Crippen molar-refractivity contribution in [3.8, 4) is 0 Å². The number of likely N-dealkylation sites (tertiary alicyclic amines) is 1. The van der Waals surface area contributed by atoms with E-state index in [4.69, 9.17) is 0 Å². The van der Waals surface area contributed by atoms with Gasteiger partial charge in [0.2, 0.25) is 5.91 Å². The third kappa shape index (κ3) is 3.99. The predicted octanol–water partition coefficient (Wildman–Crippen LogP) is 3.43. The molecule has 2 aromatic rings. The number of benzene rings is 1. The van der Waals surface area contributed by atoms with E-state index in [0.29, 0.717) is 6.54 Å². The molecule has 24 heavy (non-hydrogen) atoms. The van der Waals surface area contributed by atoms with Crippen molar-refractivity contribution in [1.82, 2.24) is 15.2 Å². The Hall–Kier alpha value is -1.79. The zero-order chi connectivity index (χ0) is 17.1. The minimum absolute atomic E-state index is 0.0489. The maximum atomic E-state index is 13.0. The molecule has 0 radical (unpaired) electrons. The number of hydrogen-bond donors (Lipinski definition) is 1. The van der Waals surface area contributed by atoms with E-state index in [9.17, 15) is 9.18 Å². The first-order chi connectivity index (χ1) is 11.5. The Bertz CT molecular complexity index is 701. The van der Waals surface area contributed by atoms with E-state index < -0.39 is 0 Å². The number of aromatic nitrogens is 1. The molecule has 1 aliphatic heterocycles. The molecule has 1 N–H and O–H groups in total. The Morgan fingerprint density at radius 3 is 2.88 bits per heavy atom. The molecule has 0 bridgehead atoms. The molecule has 2 heterocycles. The zero-order valence-electron chi connectivity index (χ0n) is 14.0. The minimum Gasteiger partial charge on any atom is -0.347 e. The maximum absolute atomic E-state index is 13.0. The Balaban J connectivity index is 1.61. The molecule has 0 unspecified atom stereocenters. The lowest BCUT2D eigenvalue weighted by molar-refractivity contribution is -0.126. The van der Waals surface area contributed by atoms with Crippen LogP contribution in [0.5, 0.6) is 0 Å². The summed E-state index contributed by atoms with van der Waals surface area (Å²) >= 11 is 1.59. The first-order valence-electron chi connectivity index (χ1n) is 8.24. The van der Waals surface area contributed by atoms with Crippen LogP contribution in [0.3, 0.4) is 0 Å². The molecule has 2 atom stereocenters. The van der Waals surface area contributed by atoms with Crippen LogP contribution >= 0.6 is 11.3 Å². The van der Waals surface area contributed by atoms with Crippen LogP contribution < -0.4 is 5.32 Å². The van der Waals surface area contributed by atoms with Gasteiger partial charge < -0.3 is 5.32 Å². The normalized spacial score (nSPS) is 19.4. The van der Waals surface area contributed by atoms with Gasteiger partial charge in [0.05, 0.1) is 22.8 Å². The first-order valence-corrected chi connectivity index (χ1v) is 9.12. The zero-order valence-corrected chi connectivity index (χ0v) is 14.8. The molecule has 1 saturated heterocycles. The maximum Gasteiger partial charge on any atom is 0.237 e. The molecule has 1 aromatic carbocycles. The Morgan fingerprint density at radius 1 is 1.46 bits per heavy atom. The topological polar surface area (TPSA) is 45.2 Å². The average Bonchev–Trinajstić information content (AvgIpc) is 3.18. The van der Waals surface area contributed by atoms with E-state index >= 15 is 0 Å². The monoisotopic (exact) mass is 347 g/mol. The average molecular weight is 347 g/mol. The van der Waals surface area contributed by atoms with Crippen molar-refractivity contribution < 1.29 is 9.18 Å². The molecule has 1 aliphatic rings. The van der Waals surface area contributed by atoms with Crippen LogP contribution in [0, 0.1) is 12.7 Å². The Morgan fingerprint density at radius 2 is 2.21 bits per heavy atom. The lowest BCUT2D eigenvalue weighted by atomic mass is 10.1. The van der Waals surface area contributed by atoms with E-state index in [-0.39, 0.29) is 23.8 Å². The van der Waals surface area contributed by atoms with Gasteiger partial charge in [0.15, 0.2) is 0 Å². The molecule has 0 aliphatic carbocycles. The number of amides is 1. The van der Waals surface area contributed by atoms with Crippen molar-refractivity contribution in [2.75, 3.05) is 6.54 Å². The number of nitrogens with one attached hydrogen (secondary N) is 1. The number of carbonyl (C=O) groups excluding carboxylic acids is 1. The lowest BCUT2D eigenvalue weighted by Crippen LogP contribution is -2.43. The van der Waals surface area contributed by atoms with Gasteiger partial charge in [-0.05, 0) is 50.9 Å². The molecule has 128 valence electrons. The summed E-state index contributed by atoms with van der Waals surface area (Å²) in [5.41, 5.74) is 1.94. The van der Waals surface area contributed by atoms with Gasteiger partial charge in [-0.3, -0.25) is 9.69 Å². The number of rotatable bonds is 5. The van der Waals surface area contributed by atoms with E-state index in [1.807, 2.05) is 19.2 Å². The fraction of sp³-hybridized carbons (Fsp3) is 0.444. The van der Waals surface area contributed by atoms with Crippen LogP contribution in [-0.4, -0.2) is 28.4 Å². The van der Waals surface area contributed by atoms with Gasteiger partial charge in [-0.2, -0.15) is 0 Å². The van der Waals surface area contributed by atoms with Gasteiger partial charge in [-0.25, -0.2) is 9.37 Å². The third-order valence-corrected chi connectivity index (χ3v) is 5.20. The highest BCUT2D eigenvalue weighted by Crippen LogP contribution is 2.22. The summed E-state index contributed by atoms with van der Waals surface area (Å²) in [6.07, 6.45) is 1.86. The van der Waals surface area contributed by atoms with E-state index in [0.717, 1.165) is 35.7 Å². The van der Waals surface area contributed by atoms with Crippen molar-refractivity contribution in [3.63, 3.8) is 0 Å². The largest absolute Gasteiger partial charge is 0.347 e. The summed E-state index contributed by atoms with van der Waals surface area (Å²) in [4.78, 5) is 19.3. The molecule has 1 amide bonds. The highest BCUT2D eigenvalue weighted by molar-refractivity contribution is 7.09. The number of aryl methyl sites for hydroxylation is 1. The van der Waals surface area contributed by atoms with Crippen LogP contribution in [0.2, 0.25) is 0 Å². The summed E-state index contributed by atoms with van der Waals surface area (Å²) < 4.78 is 13.0. The van der Waals surface area contributed by atoms with Crippen LogP contribution in [-0.2, 0) is 11.3 Å². The second-order valence-corrected chi connectivity index (χ2v) is 7.34. The van der Waals surface area contributed by atoms with Gasteiger partial charge in [0.1, 0.15) is 5.82 Å². The third-order valence-electron chi connectivity index (χ3n) is 4.40. The minimum atomic E-state index is -0.234. The Kier molecular flexibility index (Phi) is 5.26. The number of carbonyl (C=O) groups is 1. The van der Waals surface area contributed by atoms with Crippen LogP contribution in [0.15, 0.2) is 29.6 Å². The summed E-state index contributed by atoms with van der Waals surface area (Å²) in [5, 5.41) is 6.08. The van der Waals surface area contributed by atoms with Crippen LogP contribution in [0.1, 0.15) is 42.1 Å². The molecule has 3 rings (SSSR count). The summed E-state index contributed by atoms with van der Waals surface area (Å²) in [6.45, 7) is 5.48. The highest BCUT2D eigenvalue weighted by atomic mass is 32.1. The number of halogens is 1. The van der Waals surface area contributed by atoms with Crippen molar-refractivity contribution in [2.45, 2.75) is 45.3 Å². The molecule has 0 saturated carbocycles. The number of nitrogens with zero attached hydrogens (tertiary/aromatic N) is 2. The molecular weight excluding hydrogens is 325 g/mol. The Labute approximate surface area is 145 Å². The van der Waals surface area contributed by atoms with Crippen molar-refractivity contribution in [3.05, 3.63) is 51.7 Å². The van der Waals surface area contributed by atoms with Crippen molar-refractivity contribution in [1.29, 1.82) is 0 Å². The first kappa shape index (κ1) is 17.0. The molecule has 0 spiro atoms. The van der Waals surface area contributed by atoms with Crippen molar-refractivity contribution >= 4 is 17.2 Å². The SMILES string of the molecule is Cc1nc([C@H](C)NC(=O)[C@@H]2CCCN2Cc2ccc(F)cc2)cs1. The second kappa shape index (κ2) is 7.40. The molecule has 1 aromatic heterocycles. The fourth-order valence-corrected chi connectivity index (χ4v) is 3.81.